The van der Waals surface area contributed by atoms with Crippen molar-refractivity contribution in [1.82, 2.24) is 5.32 Å². The molecule has 1 aliphatic carbocycles. The highest BCUT2D eigenvalue weighted by Crippen LogP contribution is 2.32. The summed E-state index contributed by atoms with van der Waals surface area (Å²) >= 11 is 0. The maximum absolute atomic E-state index is 12.5. The Kier molecular flexibility index (Phi) is 5.23. The van der Waals surface area contributed by atoms with Crippen molar-refractivity contribution in [3.05, 3.63) is 29.3 Å². The van der Waals surface area contributed by atoms with Crippen LogP contribution in [0.3, 0.4) is 0 Å². The van der Waals surface area contributed by atoms with Crippen molar-refractivity contribution in [3.8, 4) is 5.75 Å². The summed E-state index contributed by atoms with van der Waals surface area (Å²) in [7, 11) is 1.66. The van der Waals surface area contributed by atoms with Crippen LogP contribution in [0.5, 0.6) is 5.75 Å². The van der Waals surface area contributed by atoms with Gasteiger partial charge >= 0.3 is 0 Å². The molecule has 1 saturated carbocycles. The van der Waals surface area contributed by atoms with Gasteiger partial charge in [0, 0.05) is 11.5 Å². The van der Waals surface area contributed by atoms with Crippen molar-refractivity contribution in [2.75, 3.05) is 13.7 Å². The van der Waals surface area contributed by atoms with Gasteiger partial charge in [-0.05, 0) is 45.2 Å². The molecule has 21 heavy (non-hydrogen) atoms. The normalized spacial score (nSPS) is 22.9. The molecule has 0 heterocycles. The molecule has 0 aromatic heterocycles. The summed E-state index contributed by atoms with van der Waals surface area (Å²) in [4.78, 5) is 12.5. The first kappa shape index (κ1) is 15.8. The number of nitrogens with two attached hydrogens (primary N) is 1. The average molecular weight is 290 g/mol. The van der Waals surface area contributed by atoms with Gasteiger partial charge in [0.15, 0.2) is 0 Å². The van der Waals surface area contributed by atoms with E-state index in [1.54, 1.807) is 7.11 Å². The smallest absolute Gasteiger partial charge is 0.223 e. The standard InChI is InChI=1S/C17H26N2O2/c1-11-7-8-16(21-3)15(9-11)12(2)19-17(20)14-6-4-5-13(14)10-18/h7-9,12-14H,4-6,10,18H2,1-3H3,(H,19,20)/t12?,13-,14-/m1/s1. The van der Waals surface area contributed by atoms with Gasteiger partial charge in [-0.15, -0.1) is 0 Å². The topological polar surface area (TPSA) is 64.3 Å². The van der Waals surface area contributed by atoms with Crippen molar-refractivity contribution >= 4 is 5.91 Å². The van der Waals surface area contributed by atoms with Crippen LogP contribution < -0.4 is 15.8 Å². The monoisotopic (exact) mass is 290 g/mol. The molecular formula is C17H26N2O2. The molecule has 0 spiro atoms. The summed E-state index contributed by atoms with van der Waals surface area (Å²) in [5, 5.41) is 3.13. The van der Waals surface area contributed by atoms with E-state index < -0.39 is 0 Å². The van der Waals surface area contributed by atoms with Crippen molar-refractivity contribution in [1.29, 1.82) is 0 Å². The molecule has 0 radical (unpaired) electrons. The number of amides is 1. The van der Waals surface area contributed by atoms with Gasteiger partial charge in [-0.2, -0.15) is 0 Å². The van der Waals surface area contributed by atoms with Gasteiger partial charge in [-0.3, -0.25) is 4.79 Å². The molecule has 1 unspecified atom stereocenters. The minimum atomic E-state index is -0.0635. The Hall–Kier alpha value is -1.55. The van der Waals surface area contributed by atoms with Gasteiger partial charge in [-0.1, -0.05) is 24.1 Å². The third kappa shape index (κ3) is 3.56. The second-order valence-corrected chi connectivity index (χ2v) is 6.01. The van der Waals surface area contributed by atoms with Gasteiger partial charge < -0.3 is 15.8 Å². The molecule has 0 saturated heterocycles. The predicted octanol–water partition coefficient (Wildman–Crippen LogP) is 2.56. The average Bonchev–Trinajstić information content (AvgIpc) is 2.95. The largest absolute Gasteiger partial charge is 0.496 e. The third-order valence-corrected chi connectivity index (χ3v) is 4.51. The summed E-state index contributed by atoms with van der Waals surface area (Å²) in [6.45, 7) is 4.64. The minimum absolute atomic E-state index is 0.0632. The number of methoxy groups -OCH3 is 1. The maximum Gasteiger partial charge on any atom is 0.223 e. The number of aryl methyl sites for hydroxylation is 1. The lowest BCUT2D eigenvalue weighted by molar-refractivity contribution is -0.126. The molecule has 1 aromatic rings. The predicted molar refractivity (Wildman–Crippen MR) is 84.2 cm³/mol. The van der Waals surface area contributed by atoms with Crippen molar-refractivity contribution in [2.24, 2.45) is 17.6 Å². The van der Waals surface area contributed by atoms with Crippen LogP contribution in [0.1, 0.15) is 43.4 Å². The fourth-order valence-corrected chi connectivity index (χ4v) is 3.25. The summed E-state index contributed by atoms with van der Waals surface area (Å²) < 4.78 is 5.40. The van der Waals surface area contributed by atoms with Crippen LogP contribution in [0, 0.1) is 18.8 Å². The zero-order chi connectivity index (χ0) is 15.4. The third-order valence-electron chi connectivity index (χ3n) is 4.51. The molecule has 4 heteroatoms. The Bertz CT molecular complexity index is 502. The Morgan fingerprint density at radius 3 is 2.90 bits per heavy atom. The van der Waals surface area contributed by atoms with Gasteiger partial charge in [0.05, 0.1) is 13.2 Å². The summed E-state index contributed by atoms with van der Waals surface area (Å²) in [6.07, 6.45) is 3.12. The van der Waals surface area contributed by atoms with E-state index in [1.165, 1.54) is 0 Å². The molecular weight excluding hydrogens is 264 g/mol. The number of ether oxygens (including phenoxy) is 1. The molecule has 2 rings (SSSR count). The van der Waals surface area contributed by atoms with Crippen LogP contribution in [-0.4, -0.2) is 19.6 Å². The van der Waals surface area contributed by atoms with Gasteiger partial charge in [-0.25, -0.2) is 0 Å². The zero-order valence-electron chi connectivity index (χ0n) is 13.2. The van der Waals surface area contributed by atoms with E-state index in [0.29, 0.717) is 12.5 Å². The Morgan fingerprint density at radius 2 is 2.24 bits per heavy atom. The second kappa shape index (κ2) is 6.94. The van der Waals surface area contributed by atoms with E-state index in [2.05, 4.69) is 11.4 Å². The molecule has 0 bridgehead atoms. The summed E-state index contributed by atoms with van der Waals surface area (Å²) in [5.74, 6) is 1.33. The molecule has 116 valence electrons. The van der Waals surface area contributed by atoms with Crippen molar-refractivity contribution in [3.63, 3.8) is 0 Å². The number of benzene rings is 1. The first-order valence-corrected chi connectivity index (χ1v) is 7.71. The molecule has 4 nitrogen and oxygen atoms in total. The van der Waals surface area contributed by atoms with E-state index >= 15 is 0 Å². The van der Waals surface area contributed by atoms with Crippen LogP contribution >= 0.6 is 0 Å². The van der Waals surface area contributed by atoms with Gasteiger partial charge in [0.1, 0.15) is 5.75 Å². The molecule has 1 aliphatic rings. The Labute approximate surface area is 127 Å². The minimum Gasteiger partial charge on any atom is -0.496 e. The highest BCUT2D eigenvalue weighted by molar-refractivity contribution is 5.79. The molecule has 1 fully saturated rings. The van der Waals surface area contributed by atoms with Crippen LogP contribution in [-0.2, 0) is 4.79 Å². The number of rotatable bonds is 5. The van der Waals surface area contributed by atoms with Crippen molar-refractivity contribution < 1.29 is 9.53 Å². The molecule has 0 aliphatic heterocycles. The summed E-state index contributed by atoms with van der Waals surface area (Å²) in [5.41, 5.74) is 7.95. The number of carbonyl (C=O) groups is 1. The maximum atomic E-state index is 12.5. The number of carbonyl (C=O) groups excluding carboxylic acids is 1. The first-order chi connectivity index (χ1) is 10.1. The van der Waals surface area contributed by atoms with Crippen LogP contribution in [0.2, 0.25) is 0 Å². The molecule has 1 amide bonds. The lowest BCUT2D eigenvalue weighted by Crippen LogP contribution is -2.36. The number of hydrogen-bond donors (Lipinski definition) is 2. The highest BCUT2D eigenvalue weighted by atomic mass is 16.5. The van der Waals surface area contributed by atoms with E-state index in [1.807, 2.05) is 26.0 Å². The SMILES string of the molecule is COc1ccc(C)cc1C(C)NC(=O)[C@@H]1CCC[C@@H]1CN. The van der Waals surface area contributed by atoms with E-state index in [-0.39, 0.29) is 17.9 Å². The van der Waals surface area contributed by atoms with E-state index in [4.69, 9.17) is 10.5 Å². The van der Waals surface area contributed by atoms with E-state index in [9.17, 15) is 4.79 Å². The fraction of sp³-hybridized carbons (Fsp3) is 0.588. The highest BCUT2D eigenvalue weighted by Gasteiger charge is 2.32. The molecule has 1 aromatic carbocycles. The number of nitrogens with one attached hydrogen (secondary N) is 1. The lowest BCUT2D eigenvalue weighted by atomic mass is 9.94. The fourth-order valence-electron chi connectivity index (χ4n) is 3.25. The number of hydrogen-bond acceptors (Lipinski definition) is 3. The summed E-state index contributed by atoms with van der Waals surface area (Å²) in [6, 6.07) is 5.97. The van der Waals surface area contributed by atoms with E-state index in [0.717, 1.165) is 36.1 Å². The Morgan fingerprint density at radius 1 is 1.48 bits per heavy atom. The van der Waals surface area contributed by atoms with Crippen LogP contribution in [0.4, 0.5) is 0 Å². The first-order valence-electron chi connectivity index (χ1n) is 7.71. The van der Waals surface area contributed by atoms with Crippen molar-refractivity contribution in [2.45, 2.75) is 39.2 Å². The van der Waals surface area contributed by atoms with Crippen LogP contribution in [0.25, 0.3) is 0 Å². The molecule has 3 atom stereocenters. The second-order valence-electron chi connectivity index (χ2n) is 6.01. The zero-order valence-corrected chi connectivity index (χ0v) is 13.2. The Balaban J connectivity index is 2.09. The van der Waals surface area contributed by atoms with Crippen LogP contribution in [0.15, 0.2) is 18.2 Å². The lowest BCUT2D eigenvalue weighted by Gasteiger charge is -2.22. The van der Waals surface area contributed by atoms with Gasteiger partial charge in [0.25, 0.3) is 0 Å². The molecule has 3 N–H and O–H groups in total. The van der Waals surface area contributed by atoms with Gasteiger partial charge in [0.2, 0.25) is 5.91 Å². The quantitative estimate of drug-likeness (QED) is 0.876.